The van der Waals surface area contributed by atoms with E-state index in [4.69, 9.17) is 9.47 Å². The van der Waals surface area contributed by atoms with Crippen molar-refractivity contribution in [3.05, 3.63) is 47.7 Å². The van der Waals surface area contributed by atoms with Crippen LogP contribution in [0.4, 0.5) is 5.82 Å². The van der Waals surface area contributed by atoms with Gasteiger partial charge in [0, 0.05) is 26.8 Å². The number of para-hydroxylation sites is 1. The predicted molar refractivity (Wildman–Crippen MR) is 96.0 cm³/mol. The van der Waals surface area contributed by atoms with Gasteiger partial charge in [0.2, 0.25) is 0 Å². The zero-order valence-corrected chi connectivity index (χ0v) is 14.6. The fourth-order valence-corrected chi connectivity index (χ4v) is 2.29. The molecule has 0 unspecified atom stereocenters. The van der Waals surface area contributed by atoms with Crippen LogP contribution in [0.2, 0.25) is 0 Å². The highest BCUT2D eigenvalue weighted by molar-refractivity contribution is 5.92. The molecule has 0 saturated heterocycles. The van der Waals surface area contributed by atoms with Gasteiger partial charge < -0.3 is 20.1 Å². The maximum absolute atomic E-state index is 11.9. The largest absolute Gasteiger partial charge is 0.496 e. The number of hydrogen-bond donors (Lipinski definition) is 2. The van der Waals surface area contributed by atoms with E-state index in [-0.39, 0.29) is 5.91 Å². The van der Waals surface area contributed by atoms with Gasteiger partial charge in [-0.3, -0.25) is 4.79 Å². The lowest BCUT2D eigenvalue weighted by molar-refractivity contribution is 0.0942. The highest BCUT2D eigenvalue weighted by atomic mass is 16.5. The topological polar surface area (TPSA) is 85.4 Å². The molecule has 0 saturated carbocycles. The Hall–Kier alpha value is -2.67. The summed E-state index contributed by atoms with van der Waals surface area (Å²) in [5.41, 5.74) is 1.42. The van der Waals surface area contributed by atoms with Crippen LogP contribution in [0.25, 0.3) is 0 Å². The number of amides is 1. The minimum atomic E-state index is -0.232. The fourth-order valence-electron chi connectivity index (χ4n) is 2.29. The molecule has 0 aliphatic carbocycles. The molecule has 2 N–H and O–H groups in total. The number of aromatic nitrogens is 2. The molecule has 2 rings (SSSR count). The predicted octanol–water partition coefficient (Wildman–Crippen LogP) is 1.91. The zero-order valence-electron chi connectivity index (χ0n) is 14.6. The number of nitrogens with zero attached hydrogens (tertiary/aromatic N) is 2. The van der Waals surface area contributed by atoms with Crippen molar-refractivity contribution in [3.63, 3.8) is 0 Å². The van der Waals surface area contributed by atoms with Crippen molar-refractivity contribution in [2.45, 2.75) is 12.8 Å². The number of methoxy groups -OCH3 is 2. The van der Waals surface area contributed by atoms with Crippen LogP contribution in [0.5, 0.6) is 5.75 Å². The molecule has 0 radical (unpaired) electrons. The van der Waals surface area contributed by atoms with Crippen molar-refractivity contribution in [1.82, 2.24) is 15.5 Å². The van der Waals surface area contributed by atoms with Crippen LogP contribution in [0.3, 0.4) is 0 Å². The number of hydrogen-bond acceptors (Lipinski definition) is 6. The molecular weight excluding hydrogens is 320 g/mol. The Morgan fingerprint density at radius 3 is 2.64 bits per heavy atom. The lowest BCUT2D eigenvalue weighted by Crippen LogP contribution is -2.26. The van der Waals surface area contributed by atoms with Gasteiger partial charge in [0.1, 0.15) is 11.6 Å². The standard InChI is InChI=1S/C18H24N4O3/c1-24-13-5-11-20-18(23)15-8-9-17(22-21-15)19-12-10-14-6-3-4-7-16(14)25-2/h3-4,6-9H,5,10-13H2,1-2H3,(H,19,22)(H,20,23). The Balaban J connectivity index is 1.79. The van der Waals surface area contributed by atoms with E-state index < -0.39 is 0 Å². The van der Waals surface area contributed by atoms with Gasteiger partial charge in [-0.05, 0) is 36.6 Å². The third kappa shape index (κ3) is 6.04. The normalized spacial score (nSPS) is 10.3. The Bertz CT molecular complexity index is 662. The minimum absolute atomic E-state index is 0.232. The SMILES string of the molecule is COCCCNC(=O)c1ccc(NCCc2ccccc2OC)nn1. The monoisotopic (exact) mass is 344 g/mol. The summed E-state index contributed by atoms with van der Waals surface area (Å²) in [6.45, 7) is 1.85. The van der Waals surface area contributed by atoms with Crippen molar-refractivity contribution >= 4 is 11.7 Å². The minimum Gasteiger partial charge on any atom is -0.496 e. The van der Waals surface area contributed by atoms with Crippen LogP contribution in [0, 0.1) is 0 Å². The zero-order chi connectivity index (χ0) is 17.9. The van der Waals surface area contributed by atoms with Crippen LogP contribution in [-0.4, -0.2) is 50.0 Å². The van der Waals surface area contributed by atoms with E-state index in [9.17, 15) is 4.79 Å². The number of carbonyl (C=O) groups is 1. The average Bonchev–Trinajstić information content (AvgIpc) is 2.66. The van der Waals surface area contributed by atoms with E-state index in [2.05, 4.69) is 20.8 Å². The van der Waals surface area contributed by atoms with Crippen molar-refractivity contribution in [3.8, 4) is 5.75 Å². The first kappa shape index (κ1) is 18.7. The van der Waals surface area contributed by atoms with Crippen molar-refractivity contribution in [2.75, 3.05) is 39.2 Å². The van der Waals surface area contributed by atoms with E-state index >= 15 is 0 Å². The molecule has 0 aliphatic heterocycles. The smallest absolute Gasteiger partial charge is 0.271 e. The number of nitrogens with one attached hydrogen (secondary N) is 2. The van der Waals surface area contributed by atoms with Gasteiger partial charge in [-0.1, -0.05) is 18.2 Å². The fraction of sp³-hybridized carbons (Fsp3) is 0.389. The van der Waals surface area contributed by atoms with Crippen molar-refractivity contribution in [1.29, 1.82) is 0 Å². The van der Waals surface area contributed by atoms with E-state index in [1.165, 1.54) is 0 Å². The quantitative estimate of drug-likeness (QED) is 0.641. The number of rotatable bonds is 10. The first-order chi connectivity index (χ1) is 12.2. The van der Waals surface area contributed by atoms with E-state index in [0.29, 0.717) is 31.2 Å². The summed E-state index contributed by atoms with van der Waals surface area (Å²) in [4.78, 5) is 11.9. The van der Waals surface area contributed by atoms with Gasteiger partial charge in [-0.25, -0.2) is 0 Å². The van der Waals surface area contributed by atoms with Gasteiger partial charge in [0.15, 0.2) is 5.69 Å². The molecule has 0 aliphatic rings. The highest BCUT2D eigenvalue weighted by Crippen LogP contribution is 2.17. The summed E-state index contributed by atoms with van der Waals surface area (Å²) in [6.07, 6.45) is 1.56. The third-order valence-corrected chi connectivity index (χ3v) is 3.60. The van der Waals surface area contributed by atoms with Crippen LogP contribution in [0.1, 0.15) is 22.5 Å². The van der Waals surface area contributed by atoms with Gasteiger partial charge in [-0.2, -0.15) is 0 Å². The summed E-state index contributed by atoms with van der Waals surface area (Å²) in [6, 6.07) is 11.3. The summed E-state index contributed by atoms with van der Waals surface area (Å²) < 4.78 is 10.3. The number of carbonyl (C=O) groups excluding carboxylic acids is 1. The van der Waals surface area contributed by atoms with E-state index in [0.717, 1.165) is 24.2 Å². The number of anilines is 1. The molecule has 1 aromatic carbocycles. The average molecular weight is 344 g/mol. The van der Waals surface area contributed by atoms with Gasteiger partial charge in [0.25, 0.3) is 5.91 Å². The first-order valence-electron chi connectivity index (χ1n) is 8.21. The Kier molecular flexibility index (Phi) is 7.65. The molecule has 134 valence electrons. The molecule has 7 heteroatoms. The Morgan fingerprint density at radius 2 is 1.92 bits per heavy atom. The molecule has 1 heterocycles. The first-order valence-corrected chi connectivity index (χ1v) is 8.21. The maximum atomic E-state index is 11.9. The molecule has 0 atom stereocenters. The second kappa shape index (κ2) is 10.2. The number of benzene rings is 1. The van der Waals surface area contributed by atoms with Gasteiger partial charge in [-0.15, -0.1) is 10.2 Å². The van der Waals surface area contributed by atoms with Gasteiger partial charge in [0.05, 0.1) is 7.11 Å². The molecule has 1 aromatic heterocycles. The lowest BCUT2D eigenvalue weighted by atomic mass is 10.1. The second-order valence-corrected chi connectivity index (χ2v) is 5.39. The summed E-state index contributed by atoms with van der Waals surface area (Å²) >= 11 is 0. The van der Waals surface area contributed by atoms with Crippen molar-refractivity contribution < 1.29 is 14.3 Å². The summed E-state index contributed by atoms with van der Waals surface area (Å²) in [5, 5.41) is 14.0. The van der Waals surface area contributed by atoms with E-state index in [1.54, 1.807) is 26.4 Å². The Labute approximate surface area is 147 Å². The third-order valence-electron chi connectivity index (χ3n) is 3.60. The van der Waals surface area contributed by atoms with Crippen LogP contribution in [-0.2, 0) is 11.2 Å². The number of ether oxygens (including phenoxy) is 2. The van der Waals surface area contributed by atoms with Crippen LogP contribution >= 0.6 is 0 Å². The second-order valence-electron chi connectivity index (χ2n) is 5.39. The highest BCUT2D eigenvalue weighted by Gasteiger charge is 2.07. The molecular formula is C18H24N4O3. The lowest BCUT2D eigenvalue weighted by Gasteiger charge is -2.09. The van der Waals surface area contributed by atoms with Gasteiger partial charge >= 0.3 is 0 Å². The molecule has 0 bridgehead atoms. The van der Waals surface area contributed by atoms with Crippen LogP contribution in [0.15, 0.2) is 36.4 Å². The maximum Gasteiger partial charge on any atom is 0.271 e. The molecule has 25 heavy (non-hydrogen) atoms. The molecule has 2 aromatic rings. The van der Waals surface area contributed by atoms with Crippen molar-refractivity contribution in [2.24, 2.45) is 0 Å². The molecule has 7 nitrogen and oxygen atoms in total. The van der Waals surface area contributed by atoms with Crippen LogP contribution < -0.4 is 15.4 Å². The summed E-state index contributed by atoms with van der Waals surface area (Å²) in [7, 11) is 3.30. The van der Waals surface area contributed by atoms with E-state index in [1.807, 2.05) is 24.3 Å². The molecule has 1 amide bonds. The summed E-state index contributed by atoms with van der Waals surface area (Å²) in [5.74, 6) is 1.27. The Morgan fingerprint density at radius 1 is 1.08 bits per heavy atom. The molecule has 0 fully saturated rings. The molecule has 0 spiro atoms.